The van der Waals surface area contributed by atoms with Crippen molar-refractivity contribution in [3.8, 4) is 5.75 Å². The van der Waals surface area contributed by atoms with E-state index < -0.39 is 10.0 Å². The van der Waals surface area contributed by atoms with Crippen molar-refractivity contribution in [1.29, 1.82) is 0 Å². The molecule has 1 aliphatic heterocycles. The highest BCUT2D eigenvalue weighted by Crippen LogP contribution is 2.36. The van der Waals surface area contributed by atoms with Crippen LogP contribution >= 0.6 is 11.3 Å². The predicted octanol–water partition coefficient (Wildman–Crippen LogP) is 4.76. The summed E-state index contributed by atoms with van der Waals surface area (Å²) in [5.74, 6) is 0.780. The molecule has 0 saturated carbocycles. The van der Waals surface area contributed by atoms with Crippen LogP contribution in [0.4, 0.5) is 11.4 Å². The van der Waals surface area contributed by atoms with Gasteiger partial charge in [-0.1, -0.05) is 19.4 Å². The maximum Gasteiger partial charge on any atom is 0.286 e. The van der Waals surface area contributed by atoms with Gasteiger partial charge < -0.3 is 15.0 Å². The molecule has 1 aliphatic rings. The van der Waals surface area contributed by atoms with Crippen molar-refractivity contribution in [2.24, 2.45) is 4.40 Å². The van der Waals surface area contributed by atoms with Crippen molar-refractivity contribution in [1.82, 2.24) is 0 Å². The van der Waals surface area contributed by atoms with Crippen molar-refractivity contribution >= 4 is 44.5 Å². The third-order valence-electron chi connectivity index (χ3n) is 5.08. The van der Waals surface area contributed by atoms with Gasteiger partial charge in [-0.15, -0.1) is 15.7 Å². The molecule has 166 valence electrons. The SMILES string of the molecule is CCCCN1C(c2ccc(OC)cc2)=NS(=O)(=O)c2cc(NC(=O)c3cccs3)ccc21. The Morgan fingerprint density at radius 1 is 1.16 bits per heavy atom. The van der Waals surface area contributed by atoms with Crippen molar-refractivity contribution in [2.75, 3.05) is 23.9 Å². The van der Waals surface area contributed by atoms with Crippen LogP contribution in [0, 0.1) is 0 Å². The van der Waals surface area contributed by atoms with Gasteiger partial charge in [-0.25, -0.2) is 0 Å². The number of hydrogen-bond acceptors (Lipinski definition) is 6. The number of methoxy groups -OCH3 is 1. The smallest absolute Gasteiger partial charge is 0.286 e. The summed E-state index contributed by atoms with van der Waals surface area (Å²) in [7, 11) is -2.38. The number of sulfonamides is 1. The first-order chi connectivity index (χ1) is 15.4. The molecule has 9 heteroatoms. The topological polar surface area (TPSA) is 88.1 Å². The van der Waals surface area contributed by atoms with Crippen LogP contribution in [0.15, 0.2) is 69.3 Å². The Hall–Kier alpha value is -3.17. The van der Waals surface area contributed by atoms with Crippen LogP contribution in [0.1, 0.15) is 35.0 Å². The van der Waals surface area contributed by atoms with E-state index in [0.29, 0.717) is 39.9 Å². The van der Waals surface area contributed by atoms with E-state index in [9.17, 15) is 13.2 Å². The summed E-state index contributed by atoms with van der Waals surface area (Å²) in [5.41, 5.74) is 1.64. The third kappa shape index (κ3) is 4.39. The van der Waals surface area contributed by atoms with Crippen LogP contribution in [-0.2, 0) is 10.0 Å². The lowest BCUT2D eigenvalue weighted by atomic mass is 10.1. The Kier molecular flexibility index (Phi) is 6.29. The van der Waals surface area contributed by atoms with Crippen molar-refractivity contribution in [3.63, 3.8) is 0 Å². The zero-order valence-electron chi connectivity index (χ0n) is 17.7. The largest absolute Gasteiger partial charge is 0.497 e. The minimum absolute atomic E-state index is 0.0786. The standard InChI is InChI=1S/C23H23N3O4S2/c1-3-4-13-26-19-12-9-17(24-23(27)20-6-5-14-31-20)15-21(19)32(28,29)25-22(26)16-7-10-18(30-2)11-8-16/h5-12,14-15H,3-4,13H2,1-2H3,(H,24,27). The molecule has 32 heavy (non-hydrogen) atoms. The molecule has 7 nitrogen and oxygen atoms in total. The number of fused-ring (bicyclic) bond motifs is 1. The molecule has 0 aliphatic carbocycles. The molecule has 0 saturated heterocycles. The first kappa shape index (κ1) is 22.0. The second-order valence-electron chi connectivity index (χ2n) is 7.24. The van der Waals surface area contributed by atoms with Crippen molar-refractivity contribution < 1.29 is 17.9 Å². The lowest BCUT2D eigenvalue weighted by Gasteiger charge is -2.31. The number of amides is 1. The molecular weight excluding hydrogens is 446 g/mol. The van der Waals surface area contributed by atoms with Crippen LogP contribution in [0.2, 0.25) is 0 Å². The molecule has 1 amide bonds. The van der Waals surface area contributed by atoms with E-state index in [2.05, 4.69) is 16.6 Å². The highest BCUT2D eigenvalue weighted by Gasteiger charge is 2.32. The lowest BCUT2D eigenvalue weighted by Crippen LogP contribution is -2.37. The Balaban J connectivity index is 1.73. The highest BCUT2D eigenvalue weighted by atomic mass is 32.2. The quantitative estimate of drug-likeness (QED) is 0.539. The molecule has 0 spiro atoms. The average Bonchev–Trinajstić information content (AvgIpc) is 3.34. The predicted molar refractivity (Wildman–Crippen MR) is 128 cm³/mol. The van der Waals surface area contributed by atoms with Gasteiger partial charge in [-0.3, -0.25) is 4.79 Å². The van der Waals surface area contributed by atoms with Crippen molar-refractivity contribution in [2.45, 2.75) is 24.7 Å². The van der Waals surface area contributed by atoms with Gasteiger partial charge in [0.1, 0.15) is 10.6 Å². The van der Waals surface area contributed by atoms with E-state index in [1.807, 2.05) is 10.3 Å². The minimum atomic E-state index is -3.96. The van der Waals surface area contributed by atoms with E-state index in [0.717, 1.165) is 12.8 Å². The number of carbonyl (C=O) groups excluding carboxylic acids is 1. The Morgan fingerprint density at radius 2 is 1.94 bits per heavy atom. The van der Waals surface area contributed by atoms with Gasteiger partial charge in [-0.2, -0.15) is 8.42 Å². The second-order valence-corrected chi connectivity index (χ2v) is 9.76. The molecular formula is C23H23N3O4S2. The van der Waals surface area contributed by atoms with E-state index in [-0.39, 0.29) is 10.8 Å². The number of nitrogens with one attached hydrogen (secondary N) is 1. The lowest BCUT2D eigenvalue weighted by molar-refractivity contribution is 0.103. The molecule has 2 aromatic carbocycles. The fraction of sp³-hybridized carbons (Fsp3) is 0.217. The summed E-state index contributed by atoms with van der Waals surface area (Å²) in [6.07, 6.45) is 1.81. The van der Waals surface area contributed by atoms with Crippen molar-refractivity contribution in [3.05, 3.63) is 70.4 Å². The molecule has 0 atom stereocenters. The second kappa shape index (κ2) is 9.13. The first-order valence-corrected chi connectivity index (χ1v) is 12.5. The number of anilines is 2. The summed E-state index contributed by atoms with van der Waals surface area (Å²) in [6.45, 7) is 2.69. The van der Waals surface area contributed by atoms with Crippen LogP contribution in [-0.4, -0.2) is 33.8 Å². The van der Waals surface area contributed by atoms with Crippen LogP contribution < -0.4 is 15.0 Å². The van der Waals surface area contributed by atoms with Crippen LogP contribution in [0.3, 0.4) is 0 Å². The zero-order valence-corrected chi connectivity index (χ0v) is 19.4. The number of rotatable bonds is 7. The summed E-state index contributed by atoms with van der Waals surface area (Å²) in [6, 6.07) is 15.6. The van der Waals surface area contributed by atoms with Gasteiger partial charge in [0, 0.05) is 17.8 Å². The first-order valence-electron chi connectivity index (χ1n) is 10.2. The average molecular weight is 470 g/mol. The molecule has 1 aromatic heterocycles. The zero-order chi connectivity index (χ0) is 22.7. The van der Waals surface area contributed by atoms with E-state index in [4.69, 9.17) is 4.74 Å². The van der Waals surface area contributed by atoms with Crippen LogP contribution in [0.5, 0.6) is 5.75 Å². The molecule has 0 radical (unpaired) electrons. The van der Waals surface area contributed by atoms with Gasteiger partial charge >= 0.3 is 0 Å². The van der Waals surface area contributed by atoms with Gasteiger partial charge in [0.05, 0.1) is 17.7 Å². The van der Waals surface area contributed by atoms with E-state index >= 15 is 0 Å². The van der Waals surface area contributed by atoms with Crippen LogP contribution in [0.25, 0.3) is 0 Å². The number of ether oxygens (including phenoxy) is 1. The summed E-state index contributed by atoms with van der Waals surface area (Å²) in [5, 5.41) is 4.58. The number of unbranched alkanes of at least 4 members (excludes halogenated alkanes) is 1. The summed E-state index contributed by atoms with van der Waals surface area (Å²) >= 11 is 1.32. The Labute approximate surface area is 191 Å². The maximum atomic E-state index is 13.1. The molecule has 0 fully saturated rings. The molecule has 3 aromatic rings. The number of nitrogens with zero attached hydrogens (tertiary/aromatic N) is 2. The summed E-state index contributed by atoms with van der Waals surface area (Å²) in [4.78, 5) is 15.0. The molecule has 0 unspecified atom stereocenters. The number of hydrogen-bond donors (Lipinski definition) is 1. The molecule has 0 bridgehead atoms. The van der Waals surface area contributed by atoms with E-state index in [1.54, 1.807) is 55.6 Å². The molecule has 1 N–H and O–H groups in total. The Bertz CT molecular complexity index is 1250. The number of amidine groups is 1. The fourth-order valence-corrected chi connectivity index (χ4v) is 5.31. The Morgan fingerprint density at radius 3 is 2.59 bits per heavy atom. The van der Waals surface area contributed by atoms with Gasteiger partial charge in [0.25, 0.3) is 15.9 Å². The molecule has 2 heterocycles. The third-order valence-corrected chi connectivity index (χ3v) is 7.24. The normalized spacial score (nSPS) is 14.4. The minimum Gasteiger partial charge on any atom is -0.497 e. The number of carbonyl (C=O) groups is 1. The van der Waals surface area contributed by atoms with Gasteiger partial charge in [-0.05, 0) is 60.3 Å². The summed E-state index contributed by atoms with van der Waals surface area (Å²) < 4.78 is 35.6. The molecule has 4 rings (SSSR count). The number of thiophene rings is 1. The maximum absolute atomic E-state index is 13.1. The fourth-order valence-electron chi connectivity index (χ4n) is 3.44. The number of benzene rings is 2. The highest BCUT2D eigenvalue weighted by molar-refractivity contribution is 7.90. The van der Waals surface area contributed by atoms with E-state index in [1.165, 1.54) is 17.4 Å². The monoisotopic (exact) mass is 469 g/mol. The van der Waals surface area contributed by atoms with Gasteiger partial charge in [0.15, 0.2) is 5.84 Å². The van der Waals surface area contributed by atoms with Gasteiger partial charge in [0.2, 0.25) is 0 Å².